The van der Waals surface area contributed by atoms with Crippen LogP contribution in [0.5, 0.6) is 0 Å². The number of aromatic carboxylic acids is 1. The molecular weight excluding hydrogens is 340 g/mol. The van der Waals surface area contributed by atoms with Gasteiger partial charge in [0.25, 0.3) is 0 Å². The molecule has 0 amide bonds. The maximum absolute atomic E-state index is 11.0. The summed E-state index contributed by atoms with van der Waals surface area (Å²) in [5.74, 6) is -0.389. The van der Waals surface area contributed by atoms with Crippen LogP contribution in [0.25, 0.3) is 0 Å². The molecule has 5 nitrogen and oxygen atoms in total. The zero-order valence-corrected chi connectivity index (χ0v) is 15.3. The second kappa shape index (κ2) is 8.03. The molecule has 2 aromatic carbocycles. The van der Waals surface area contributed by atoms with Gasteiger partial charge in [-0.15, -0.1) is 0 Å². The first-order valence-electron chi connectivity index (χ1n) is 9.43. The summed E-state index contributed by atoms with van der Waals surface area (Å²) in [5, 5.41) is 8.99. The summed E-state index contributed by atoms with van der Waals surface area (Å²) in [7, 11) is 0. The Balaban J connectivity index is 1.28. The van der Waals surface area contributed by atoms with Crippen LogP contribution in [-0.4, -0.2) is 54.0 Å². The SMILES string of the molecule is O=C(O)c1ccc(CN2CCOC(CN=C3C[C@H]3c3ccccc3)C2)cc1. The smallest absolute Gasteiger partial charge is 0.335 e. The lowest BCUT2D eigenvalue weighted by molar-refractivity contribution is -0.0257. The molecule has 1 saturated heterocycles. The van der Waals surface area contributed by atoms with Gasteiger partial charge in [-0.3, -0.25) is 9.89 Å². The van der Waals surface area contributed by atoms with E-state index in [2.05, 4.69) is 29.2 Å². The Bertz CT molecular complexity index is 817. The van der Waals surface area contributed by atoms with Gasteiger partial charge >= 0.3 is 5.97 Å². The molecule has 1 aliphatic heterocycles. The number of hydrogen-bond donors (Lipinski definition) is 1. The van der Waals surface area contributed by atoms with Crippen molar-refractivity contribution in [3.63, 3.8) is 0 Å². The number of carboxylic acids is 1. The molecule has 0 radical (unpaired) electrons. The molecule has 4 rings (SSSR count). The van der Waals surface area contributed by atoms with E-state index in [1.54, 1.807) is 12.1 Å². The maximum Gasteiger partial charge on any atom is 0.335 e. The number of rotatable bonds is 6. The third-order valence-corrected chi connectivity index (χ3v) is 5.19. The van der Waals surface area contributed by atoms with E-state index in [0.717, 1.165) is 31.6 Å². The van der Waals surface area contributed by atoms with Gasteiger partial charge in [0.15, 0.2) is 0 Å². The molecule has 2 aromatic rings. The fourth-order valence-corrected chi connectivity index (χ4v) is 3.59. The molecule has 1 aliphatic carbocycles. The Kier molecular flexibility index (Phi) is 5.32. The van der Waals surface area contributed by atoms with Gasteiger partial charge in [0, 0.05) is 31.3 Å². The monoisotopic (exact) mass is 364 g/mol. The third-order valence-electron chi connectivity index (χ3n) is 5.19. The molecule has 1 heterocycles. The number of nitrogens with zero attached hydrogens (tertiary/aromatic N) is 2. The zero-order chi connectivity index (χ0) is 18.6. The third kappa shape index (κ3) is 4.62. The molecule has 5 heteroatoms. The fraction of sp³-hybridized carbons (Fsp3) is 0.364. The molecule has 0 aromatic heterocycles. The lowest BCUT2D eigenvalue weighted by atomic mass is 10.1. The van der Waals surface area contributed by atoms with E-state index in [1.807, 2.05) is 18.2 Å². The number of aliphatic imine (C=N–C) groups is 1. The van der Waals surface area contributed by atoms with Crippen molar-refractivity contribution in [3.8, 4) is 0 Å². The lowest BCUT2D eigenvalue weighted by Gasteiger charge is -2.32. The van der Waals surface area contributed by atoms with Gasteiger partial charge < -0.3 is 9.84 Å². The van der Waals surface area contributed by atoms with Gasteiger partial charge in [-0.2, -0.15) is 0 Å². The number of ether oxygens (including phenoxy) is 1. The average Bonchev–Trinajstić information content (AvgIpc) is 3.48. The molecule has 1 N–H and O–H groups in total. The second-order valence-corrected chi connectivity index (χ2v) is 7.23. The molecule has 140 valence electrons. The Labute approximate surface area is 159 Å². The van der Waals surface area contributed by atoms with Gasteiger partial charge in [-0.1, -0.05) is 42.5 Å². The molecule has 2 atom stereocenters. The summed E-state index contributed by atoms with van der Waals surface area (Å²) < 4.78 is 5.89. The normalized spacial score (nSPS) is 24.1. The molecule has 2 fully saturated rings. The predicted molar refractivity (Wildman–Crippen MR) is 105 cm³/mol. The van der Waals surface area contributed by atoms with Crippen LogP contribution in [0.1, 0.15) is 33.8 Å². The molecular formula is C22H24N2O3. The Morgan fingerprint density at radius 1 is 1.15 bits per heavy atom. The maximum atomic E-state index is 11.0. The van der Waals surface area contributed by atoms with Crippen LogP contribution in [0.2, 0.25) is 0 Å². The minimum atomic E-state index is -0.888. The standard InChI is InChI=1S/C22H24N2O3/c25-22(26)18-8-6-16(7-9-18)14-24-10-11-27-19(15-24)13-23-21-12-20(21)17-4-2-1-3-5-17/h1-9,19-20H,10-15H2,(H,25,26)/t19?,20-/m0/s1. The lowest BCUT2D eigenvalue weighted by Crippen LogP contribution is -2.43. The fourth-order valence-electron chi connectivity index (χ4n) is 3.59. The highest BCUT2D eigenvalue weighted by Gasteiger charge is 2.33. The summed E-state index contributed by atoms with van der Waals surface area (Å²) in [6.07, 6.45) is 1.19. The minimum absolute atomic E-state index is 0.126. The first kappa shape index (κ1) is 17.9. The molecule has 2 aliphatic rings. The number of morpholine rings is 1. The van der Waals surface area contributed by atoms with Crippen molar-refractivity contribution >= 4 is 11.7 Å². The van der Waals surface area contributed by atoms with Crippen molar-refractivity contribution in [2.24, 2.45) is 4.99 Å². The van der Waals surface area contributed by atoms with Crippen molar-refractivity contribution in [2.45, 2.75) is 25.0 Å². The molecule has 0 bridgehead atoms. The van der Waals surface area contributed by atoms with E-state index in [4.69, 9.17) is 14.8 Å². The van der Waals surface area contributed by atoms with E-state index in [-0.39, 0.29) is 6.10 Å². The van der Waals surface area contributed by atoms with Crippen molar-refractivity contribution in [1.82, 2.24) is 4.90 Å². The van der Waals surface area contributed by atoms with Crippen LogP contribution in [0.15, 0.2) is 59.6 Å². The van der Waals surface area contributed by atoms with E-state index >= 15 is 0 Å². The van der Waals surface area contributed by atoms with Crippen molar-refractivity contribution in [1.29, 1.82) is 0 Å². The van der Waals surface area contributed by atoms with Crippen LogP contribution in [0, 0.1) is 0 Å². The summed E-state index contributed by atoms with van der Waals surface area (Å²) in [6.45, 7) is 3.98. The Morgan fingerprint density at radius 2 is 1.93 bits per heavy atom. The largest absolute Gasteiger partial charge is 0.478 e. The number of benzene rings is 2. The van der Waals surface area contributed by atoms with E-state index < -0.39 is 5.97 Å². The first-order valence-corrected chi connectivity index (χ1v) is 9.43. The topological polar surface area (TPSA) is 62.1 Å². The highest BCUT2D eigenvalue weighted by molar-refractivity contribution is 6.05. The van der Waals surface area contributed by atoms with Crippen molar-refractivity contribution in [2.75, 3.05) is 26.2 Å². The van der Waals surface area contributed by atoms with E-state index in [1.165, 1.54) is 11.3 Å². The van der Waals surface area contributed by atoms with Crippen molar-refractivity contribution < 1.29 is 14.6 Å². The zero-order valence-electron chi connectivity index (χ0n) is 15.3. The van der Waals surface area contributed by atoms with Gasteiger partial charge in [0.05, 0.1) is 24.8 Å². The number of carboxylic acid groups (broad SMARTS) is 1. The molecule has 27 heavy (non-hydrogen) atoms. The quantitative estimate of drug-likeness (QED) is 0.855. The Hall–Kier alpha value is -2.50. The van der Waals surface area contributed by atoms with E-state index in [0.29, 0.717) is 24.6 Å². The van der Waals surface area contributed by atoms with Gasteiger partial charge in [0.2, 0.25) is 0 Å². The molecule has 1 unspecified atom stereocenters. The number of carbonyl (C=O) groups is 1. The van der Waals surface area contributed by atoms with Crippen LogP contribution >= 0.6 is 0 Å². The second-order valence-electron chi connectivity index (χ2n) is 7.23. The highest BCUT2D eigenvalue weighted by Crippen LogP contribution is 2.37. The number of hydrogen-bond acceptors (Lipinski definition) is 4. The molecule has 1 saturated carbocycles. The van der Waals surface area contributed by atoms with E-state index in [9.17, 15) is 4.79 Å². The van der Waals surface area contributed by atoms with Crippen LogP contribution in [0.4, 0.5) is 0 Å². The first-order chi connectivity index (χ1) is 13.2. The summed E-state index contributed by atoms with van der Waals surface area (Å²) in [6, 6.07) is 17.7. The summed E-state index contributed by atoms with van der Waals surface area (Å²) in [4.78, 5) is 18.1. The van der Waals surface area contributed by atoms with Gasteiger partial charge in [-0.05, 0) is 29.7 Å². The highest BCUT2D eigenvalue weighted by atomic mass is 16.5. The Morgan fingerprint density at radius 3 is 2.67 bits per heavy atom. The minimum Gasteiger partial charge on any atom is -0.478 e. The van der Waals surface area contributed by atoms with Crippen LogP contribution < -0.4 is 0 Å². The average molecular weight is 364 g/mol. The van der Waals surface area contributed by atoms with Crippen LogP contribution in [0.3, 0.4) is 0 Å². The van der Waals surface area contributed by atoms with Crippen LogP contribution in [-0.2, 0) is 11.3 Å². The predicted octanol–water partition coefficient (Wildman–Crippen LogP) is 3.21. The van der Waals surface area contributed by atoms with Gasteiger partial charge in [0.1, 0.15) is 0 Å². The van der Waals surface area contributed by atoms with Gasteiger partial charge in [-0.25, -0.2) is 4.79 Å². The van der Waals surface area contributed by atoms with Crippen molar-refractivity contribution in [3.05, 3.63) is 71.3 Å². The summed E-state index contributed by atoms with van der Waals surface area (Å²) in [5.41, 5.74) is 4.09. The summed E-state index contributed by atoms with van der Waals surface area (Å²) >= 11 is 0. The molecule has 0 spiro atoms.